The molecule has 90 valence electrons. The van der Waals surface area contributed by atoms with E-state index in [1.54, 1.807) is 11.8 Å². The zero-order chi connectivity index (χ0) is 12.0. The summed E-state index contributed by atoms with van der Waals surface area (Å²) in [5.74, 6) is 1.40. The molecule has 0 saturated carbocycles. The largest absolute Gasteiger partial charge is 0.392 e. The van der Waals surface area contributed by atoms with Gasteiger partial charge in [-0.25, -0.2) is 0 Å². The first-order valence-corrected chi connectivity index (χ1v) is 7.00. The lowest BCUT2D eigenvalue weighted by Gasteiger charge is -2.11. The molecule has 16 heavy (non-hydrogen) atoms. The van der Waals surface area contributed by atoms with Gasteiger partial charge < -0.3 is 5.11 Å². The predicted octanol–water partition coefficient (Wildman–Crippen LogP) is 4.23. The summed E-state index contributed by atoms with van der Waals surface area (Å²) >= 11 is 7.55. The van der Waals surface area contributed by atoms with E-state index in [9.17, 15) is 5.11 Å². The molecule has 0 aromatic heterocycles. The lowest BCUT2D eigenvalue weighted by Crippen LogP contribution is -2.10. The molecule has 0 radical (unpaired) electrons. The van der Waals surface area contributed by atoms with Crippen LogP contribution in [0.15, 0.2) is 29.2 Å². The summed E-state index contributed by atoms with van der Waals surface area (Å²) in [6.45, 7) is 4.35. The summed E-state index contributed by atoms with van der Waals surface area (Å²) in [4.78, 5) is 1.12. The lowest BCUT2D eigenvalue weighted by atomic mass is 10.1. The minimum atomic E-state index is -0.216. The third-order valence-corrected chi connectivity index (χ3v) is 3.69. The summed E-state index contributed by atoms with van der Waals surface area (Å²) in [5, 5.41) is 10.5. The number of aliphatic hydroxyl groups is 1. The molecule has 0 saturated heterocycles. The number of hydrogen-bond donors (Lipinski definition) is 1. The Balaban J connectivity index is 2.28. The molecule has 1 N–H and O–H groups in total. The molecule has 0 heterocycles. The summed E-state index contributed by atoms with van der Waals surface area (Å²) in [6, 6.07) is 7.75. The Hall–Kier alpha value is -0.180. The molecule has 1 aromatic rings. The highest BCUT2D eigenvalue weighted by molar-refractivity contribution is 7.99. The van der Waals surface area contributed by atoms with Crippen LogP contribution in [0.1, 0.15) is 26.7 Å². The first kappa shape index (κ1) is 13.9. The molecule has 0 aliphatic carbocycles. The fourth-order valence-corrected chi connectivity index (χ4v) is 2.55. The lowest BCUT2D eigenvalue weighted by molar-refractivity contribution is 0.180. The summed E-state index contributed by atoms with van der Waals surface area (Å²) in [7, 11) is 0. The molecule has 0 aliphatic heterocycles. The molecule has 0 fully saturated rings. The Morgan fingerprint density at radius 3 is 2.69 bits per heavy atom. The summed E-state index contributed by atoms with van der Waals surface area (Å²) in [6.07, 6.45) is 1.74. The van der Waals surface area contributed by atoms with Crippen LogP contribution in [0.25, 0.3) is 0 Å². The molecular formula is C13H19ClOS. The van der Waals surface area contributed by atoms with E-state index >= 15 is 0 Å². The van der Waals surface area contributed by atoms with Crippen LogP contribution in [0.5, 0.6) is 0 Å². The summed E-state index contributed by atoms with van der Waals surface area (Å²) < 4.78 is 0. The maximum Gasteiger partial charge on any atom is 0.0634 e. The standard InChI is InChI=1S/C13H19ClOS/c1-10(2)6-7-12(15)9-16-13-5-3-4-11(14)8-13/h3-5,8,10,12,15H,6-7,9H2,1-2H3. The van der Waals surface area contributed by atoms with Crippen molar-refractivity contribution in [2.45, 2.75) is 37.7 Å². The molecule has 1 nitrogen and oxygen atoms in total. The van der Waals surface area contributed by atoms with Crippen LogP contribution in [0.2, 0.25) is 5.02 Å². The first-order chi connectivity index (χ1) is 7.58. The highest BCUT2D eigenvalue weighted by Gasteiger charge is 2.06. The number of hydrogen-bond acceptors (Lipinski definition) is 2. The van der Waals surface area contributed by atoms with Gasteiger partial charge in [0.25, 0.3) is 0 Å². The van der Waals surface area contributed by atoms with Crippen LogP contribution >= 0.6 is 23.4 Å². The van der Waals surface area contributed by atoms with Crippen LogP contribution < -0.4 is 0 Å². The second-order valence-corrected chi connectivity index (χ2v) is 5.92. The topological polar surface area (TPSA) is 20.2 Å². The van der Waals surface area contributed by atoms with E-state index in [1.165, 1.54) is 0 Å². The van der Waals surface area contributed by atoms with E-state index in [0.29, 0.717) is 5.92 Å². The molecule has 0 amide bonds. The molecule has 0 bridgehead atoms. The predicted molar refractivity (Wildman–Crippen MR) is 72.3 cm³/mol. The van der Waals surface area contributed by atoms with Crippen LogP contribution in [-0.2, 0) is 0 Å². The highest BCUT2D eigenvalue weighted by Crippen LogP contribution is 2.23. The van der Waals surface area contributed by atoms with Crippen molar-refractivity contribution in [3.8, 4) is 0 Å². The third kappa shape index (κ3) is 5.78. The Morgan fingerprint density at radius 2 is 2.06 bits per heavy atom. The molecule has 0 aliphatic rings. The van der Waals surface area contributed by atoms with Gasteiger partial charge in [0.1, 0.15) is 0 Å². The minimum absolute atomic E-state index is 0.216. The maximum absolute atomic E-state index is 9.77. The van der Waals surface area contributed by atoms with Crippen molar-refractivity contribution < 1.29 is 5.11 Å². The van der Waals surface area contributed by atoms with Gasteiger partial charge in [0, 0.05) is 15.7 Å². The molecule has 0 spiro atoms. The Morgan fingerprint density at radius 1 is 1.31 bits per heavy atom. The number of thioether (sulfide) groups is 1. The average Bonchev–Trinajstić information content (AvgIpc) is 2.23. The minimum Gasteiger partial charge on any atom is -0.392 e. The van der Waals surface area contributed by atoms with E-state index in [1.807, 2.05) is 24.3 Å². The van der Waals surface area contributed by atoms with Gasteiger partial charge in [0.05, 0.1) is 6.10 Å². The van der Waals surface area contributed by atoms with Gasteiger partial charge in [-0.2, -0.15) is 0 Å². The van der Waals surface area contributed by atoms with Gasteiger partial charge >= 0.3 is 0 Å². The fourth-order valence-electron chi connectivity index (χ4n) is 1.36. The smallest absolute Gasteiger partial charge is 0.0634 e. The second-order valence-electron chi connectivity index (χ2n) is 4.39. The van der Waals surface area contributed by atoms with Crippen molar-refractivity contribution >= 4 is 23.4 Å². The van der Waals surface area contributed by atoms with Crippen LogP contribution in [0.4, 0.5) is 0 Å². The quantitative estimate of drug-likeness (QED) is 0.771. The van der Waals surface area contributed by atoms with E-state index in [0.717, 1.165) is 28.5 Å². The molecule has 3 heteroatoms. The van der Waals surface area contributed by atoms with E-state index in [2.05, 4.69) is 13.8 Å². The second kappa shape index (κ2) is 7.21. The van der Waals surface area contributed by atoms with Crippen molar-refractivity contribution in [3.63, 3.8) is 0 Å². The zero-order valence-corrected chi connectivity index (χ0v) is 11.4. The highest BCUT2D eigenvalue weighted by atomic mass is 35.5. The van der Waals surface area contributed by atoms with Gasteiger partial charge in [-0.3, -0.25) is 0 Å². The SMILES string of the molecule is CC(C)CCC(O)CSc1cccc(Cl)c1. The average molecular weight is 259 g/mol. The van der Waals surface area contributed by atoms with Crippen molar-refractivity contribution in [2.24, 2.45) is 5.92 Å². The Kier molecular flexibility index (Phi) is 6.25. The van der Waals surface area contributed by atoms with Gasteiger partial charge in [-0.1, -0.05) is 31.5 Å². The van der Waals surface area contributed by atoms with E-state index in [4.69, 9.17) is 11.6 Å². The maximum atomic E-state index is 9.77. The van der Waals surface area contributed by atoms with Crippen molar-refractivity contribution in [3.05, 3.63) is 29.3 Å². The Bertz CT molecular complexity index is 315. The molecule has 1 unspecified atom stereocenters. The van der Waals surface area contributed by atoms with Crippen LogP contribution in [0.3, 0.4) is 0 Å². The fraction of sp³-hybridized carbons (Fsp3) is 0.538. The van der Waals surface area contributed by atoms with Crippen molar-refractivity contribution in [1.29, 1.82) is 0 Å². The van der Waals surface area contributed by atoms with Gasteiger partial charge in [0.2, 0.25) is 0 Å². The van der Waals surface area contributed by atoms with Crippen LogP contribution in [-0.4, -0.2) is 17.0 Å². The van der Waals surface area contributed by atoms with E-state index in [-0.39, 0.29) is 6.10 Å². The van der Waals surface area contributed by atoms with Crippen LogP contribution in [0, 0.1) is 5.92 Å². The monoisotopic (exact) mass is 258 g/mol. The van der Waals surface area contributed by atoms with E-state index < -0.39 is 0 Å². The summed E-state index contributed by atoms with van der Waals surface area (Å²) in [5.41, 5.74) is 0. The number of rotatable bonds is 6. The number of halogens is 1. The first-order valence-electron chi connectivity index (χ1n) is 5.64. The molecule has 1 atom stereocenters. The van der Waals surface area contributed by atoms with Crippen molar-refractivity contribution in [2.75, 3.05) is 5.75 Å². The molecule has 1 rings (SSSR count). The van der Waals surface area contributed by atoms with Gasteiger partial charge in [-0.15, -0.1) is 11.8 Å². The van der Waals surface area contributed by atoms with Crippen molar-refractivity contribution in [1.82, 2.24) is 0 Å². The zero-order valence-electron chi connectivity index (χ0n) is 9.82. The van der Waals surface area contributed by atoms with Gasteiger partial charge in [0.15, 0.2) is 0 Å². The molecule has 1 aromatic carbocycles. The molecular weight excluding hydrogens is 240 g/mol. The Labute approximate surface area is 107 Å². The van der Waals surface area contributed by atoms with Gasteiger partial charge in [-0.05, 0) is 37.0 Å². The normalized spacial score (nSPS) is 13.1. The number of benzene rings is 1. The third-order valence-electron chi connectivity index (χ3n) is 2.32. The number of aliphatic hydroxyl groups excluding tert-OH is 1.